The van der Waals surface area contributed by atoms with Crippen molar-refractivity contribution in [3.05, 3.63) is 17.0 Å². The van der Waals surface area contributed by atoms with Crippen molar-refractivity contribution in [2.24, 2.45) is 0 Å². The van der Waals surface area contributed by atoms with Crippen LogP contribution in [0.25, 0.3) is 0 Å². The van der Waals surface area contributed by atoms with E-state index in [4.69, 9.17) is 4.74 Å². The molecule has 2 aliphatic rings. The molecule has 1 aliphatic carbocycles. The first-order chi connectivity index (χ1) is 11.4. The molecule has 1 aromatic rings. The van der Waals surface area contributed by atoms with Gasteiger partial charge in [0.15, 0.2) is 0 Å². The first kappa shape index (κ1) is 17.4. The minimum Gasteiger partial charge on any atom is -0.393 e. The van der Waals surface area contributed by atoms with Crippen molar-refractivity contribution < 1.29 is 14.6 Å². The van der Waals surface area contributed by atoms with E-state index in [-0.39, 0.29) is 23.7 Å². The zero-order valence-electron chi connectivity index (χ0n) is 15.2. The Morgan fingerprint density at radius 1 is 1.38 bits per heavy atom. The largest absolute Gasteiger partial charge is 0.393 e. The van der Waals surface area contributed by atoms with Gasteiger partial charge in [-0.05, 0) is 52.0 Å². The second-order valence-electron chi connectivity index (χ2n) is 7.32. The van der Waals surface area contributed by atoms with Crippen molar-refractivity contribution in [1.29, 1.82) is 0 Å². The number of ether oxygens (including phenoxy) is 1. The van der Waals surface area contributed by atoms with Gasteiger partial charge >= 0.3 is 0 Å². The highest BCUT2D eigenvalue weighted by molar-refractivity contribution is 5.77. The number of hydrogen-bond donors (Lipinski definition) is 1. The summed E-state index contributed by atoms with van der Waals surface area (Å²) in [5, 5.41) is 14.5. The quantitative estimate of drug-likeness (QED) is 0.910. The summed E-state index contributed by atoms with van der Waals surface area (Å²) >= 11 is 0. The molecule has 24 heavy (non-hydrogen) atoms. The lowest BCUT2D eigenvalue weighted by atomic mass is 9.79. The first-order valence-electron chi connectivity index (χ1n) is 8.91. The number of aliphatic hydroxyl groups excluding tert-OH is 1. The predicted octanol–water partition coefficient (Wildman–Crippen LogP) is 1.73. The molecule has 6 heteroatoms. The molecule has 3 atom stereocenters. The van der Waals surface area contributed by atoms with E-state index in [0.717, 1.165) is 37.2 Å². The van der Waals surface area contributed by atoms with E-state index in [9.17, 15) is 9.90 Å². The zero-order chi connectivity index (χ0) is 17.5. The molecule has 0 spiro atoms. The molecule has 1 N–H and O–H groups in total. The zero-order valence-corrected chi connectivity index (χ0v) is 15.2. The molecule has 134 valence electrons. The Morgan fingerprint density at radius 3 is 2.75 bits per heavy atom. The number of amides is 1. The van der Waals surface area contributed by atoms with Gasteiger partial charge in [-0.3, -0.25) is 9.48 Å². The van der Waals surface area contributed by atoms with Crippen molar-refractivity contribution >= 4 is 5.91 Å². The third-order valence-corrected chi connectivity index (χ3v) is 6.16. The normalized spacial score (nSPS) is 29.8. The Balaban J connectivity index is 1.67. The van der Waals surface area contributed by atoms with Crippen LogP contribution in [0.15, 0.2) is 0 Å². The number of likely N-dealkylation sites (tertiary alicyclic amines) is 1. The number of aryl methyl sites for hydroxylation is 2. The Bertz CT molecular complexity index is 627. The number of hydrogen-bond acceptors (Lipinski definition) is 4. The summed E-state index contributed by atoms with van der Waals surface area (Å²) in [5.74, 6) is 0.137. The van der Waals surface area contributed by atoms with Crippen LogP contribution in [0.2, 0.25) is 0 Å². The standard InChI is InChI=1S/C18H29N3O3/c1-12-13(2)19-21(14(12)3)9-6-17(23)20-10-8-18(24-4)7-5-15(22)11-16(18)20/h15-16,22H,5-11H2,1-4H3/t15-,16-,18+/m0/s1. The number of carbonyl (C=O) groups is 1. The number of aromatic nitrogens is 2. The van der Waals surface area contributed by atoms with Gasteiger partial charge in [0.05, 0.1) is 23.4 Å². The Kier molecular flexibility index (Phi) is 4.71. The maximum absolute atomic E-state index is 12.8. The van der Waals surface area contributed by atoms with E-state index in [2.05, 4.69) is 12.0 Å². The molecule has 0 unspecified atom stereocenters. The van der Waals surface area contributed by atoms with Gasteiger partial charge in [-0.25, -0.2) is 0 Å². The molecule has 1 saturated carbocycles. The number of aliphatic hydroxyl groups is 1. The molecular weight excluding hydrogens is 306 g/mol. The summed E-state index contributed by atoms with van der Waals surface area (Å²) in [5.41, 5.74) is 3.08. The summed E-state index contributed by atoms with van der Waals surface area (Å²) < 4.78 is 7.74. The highest BCUT2D eigenvalue weighted by Gasteiger charge is 2.52. The van der Waals surface area contributed by atoms with Crippen molar-refractivity contribution in [2.45, 2.75) is 77.2 Å². The van der Waals surface area contributed by atoms with Gasteiger partial charge in [-0.1, -0.05) is 0 Å². The van der Waals surface area contributed by atoms with Crippen LogP contribution in [-0.4, -0.2) is 57.1 Å². The molecule has 1 amide bonds. The lowest BCUT2D eigenvalue weighted by Crippen LogP contribution is -2.52. The number of nitrogens with zero attached hydrogens (tertiary/aromatic N) is 3. The average Bonchev–Trinajstić information content (AvgIpc) is 3.06. The van der Waals surface area contributed by atoms with Gasteiger partial charge in [0.25, 0.3) is 0 Å². The van der Waals surface area contributed by atoms with Crippen molar-refractivity contribution in [2.75, 3.05) is 13.7 Å². The molecule has 2 fully saturated rings. The van der Waals surface area contributed by atoms with Crippen LogP contribution in [0.5, 0.6) is 0 Å². The SMILES string of the molecule is CO[C@@]12CC[C@H](O)C[C@@H]1N(C(=O)CCn1nc(C)c(C)c1C)CC2. The first-order valence-corrected chi connectivity index (χ1v) is 8.91. The van der Waals surface area contributed by atoms with Crippen LogP contribution in [0.1, 0.15) is 49.1 Å². The molecule has 2 heterocycles. The molecule has 3 rings (SSSR count). The van der Waals surface area contributed by atoms with E-state index in [1.807, 2.05) is 23.4 Å². The molecule has 1 aromatic heterocycles. The van der Waals surface area contributed by atoms with Gasteiger partial charge in [-0.2, -0.15) is 5.10 Å². The third kappa shape index (κ3) is 2.86. The number of fused-ring (bicyclic) bond motifs is 1. The van der Waals surface area contributed by atoms with Crippen LogP contribution in [0, 0.1) is 20.8 Å². The van der Waals surface area contributed by atoms with Crippen LogP contribution in [0.4, 0.5) is 0 Å². The van der Waals surface area contributed by atoms with Crippen molar-refractivity contribution in [3.63, 3.8) is 0 Å². The smallest absolute Gasteiger partial charge is 0.224 e. The van der Waals surface area contributed by atoms with E-state index >= 15 is 0 Å². The fraction of sp³-hybridized carbons (Fsp3) is 0.778. The minimum atomic E-state index is -0.328. The van der Waals surface area contributed by atoms with E-state index < -0.39 is 0 Å². The monoisotopic (exact) mass is 335 g/mol. The number of rotatable bonds is 4. The Hall–Kier alpha value is -1.40. The van der Waals surface area contributed by atoms with Gasteiger partial charge in [-0.15, -0.1) is 0 Å². The highest BCUT2D eigenvalue weighted by atomic mass is 16.5. The fourth-order valence-corrected chi connectivity index (χ4v) is 4.32. The molecule has 0 radical (unpaired) electrons. The maximum Gasteiger partial charge on any atom is 0.224 e. The Morgan fingerprint density at radius 2 is 2.12 bits per heavy atom. The second-order valence-corrected chi connectivity index (χ2v) is 7.32. The highest BCUT2D eigenvalue weighted by Crippen LogP contribution is 2.42. The average molecular weight is 335 g/mol. The van der Waals surface area contributed by atoms with Crippen molar-refractivity contribution in [3.8, 4) is 0 Å². The second kappa shape index (κ2) is 6.48. The van der Waals surface area contributed by atoms with Crippen LogP contribution in [-0.2, 0) is 16.1 Å². The summed E-state index contributed by atoms with van der Waals surface area (Å²) in [6.07, 6.45) is 3.19. The van der Waals surface area contributed by atoms with Crippen LogP contribution in [0.3, 0.4) is 0 Å². The third-order valence-electron chi connectivity index (χ3n) is 6.16. The van der Waals surface area contributed by atoms with E-state index in [0.29, 0.717) is 19.4 Å². The lowest BCUT2D eigenvalue weighted by Gasteiger charge is -2.42. The summed E-state index contributed by atoms with van der Waals surface area (Å²) in [6, 6.07) is 0.000871. The van der Waals surface area contributed by atoms with Gasteiger partial charge < -0.3 is 14.7 Å². The van der Waals surface area contributed by atoms with Crippen LogP contribution >= 0.6 is 0 Å². The molecule has 1 aliphatic heterocycles. The van der Waals surface area contributed by atoms with Gasteiger partial charge in [0.2, 0.25) is 5.91 Å². The molecule has 0 aromatic carbocycles. The van der Waals surface area contributed by atoms with E-state index in [1.54, 1.807) is 7.11 Å². The maximum atomic E-state index is 12.8. The molecule has 6 nitrogen and oxygen atoms in total. The summed E-state index contributed by atoms with van der Waals surface area (Å²) in [7, 11) is 1.73. The number of methoxy groups -OCH3 is 1. The summed E-state index contributed by atoms with van der Waals surface area (Å²) in [4.78, 5) is 14.7. The molecule has 0 bridgehead atoms. The number of carbonyl (C=O) groups excluding carboxylic acids is 1. The topological polar surface area (TPSA) is 67.6 Å². The van der Waals surface area contributed by atoms with Crippen LogP contribution < -0.4 is 0 Å². The van der Waals surface area contributed by atoms with Gasteiger partial charge in [0, 0.05) is 32.3 Å². The van der Waals surface area contributed by atoms with Crippen molar-refractivity contribution in [1.82, 2.24) is 14.7 Å². The Labute approximate surface area is 143 Å². The molecular formula is C18H29N3O3. The fourth-order valence-electron chi connectivity index (χ4n) is 4.32. The van der Waals surface area contributed by atoms with E-state index in [1.165, 1.54) is 5.56 Å². The predicted molar refractivity (Wildman–Crippen MR) is 90.8 cm³/mol. The molecule has 1 saturated heterocycles. The minimum absolute atomic E-state index is 0.000871. The lowest BCUT2D eigenvalue weighted by molar-refractivity contribution is -0.140. The van der Waals surface area contributed by atoms with Gasteiger partial charge in [0.1, 0.15) is 0 Å². The summed E-state index contributed by atoms with van der Waals surface area (Å²) in [6.45, 7) is 7.43.